The monoisotopic (exact) mass is 293 g/mol. The number of nitriles is 1. The summed E-state index contributed by atoms with van der Waals surface area (Å²) in [6.07, 6.45) is 19.4. The van der Waals surface area contributed by atoms with Crippen LogP contribution in [0.25, 0.3) is 0 Å². The van der Waals surface area contributed by atoms with Gasteiger partial charge in [-0.1, -0.05) is 50.7 Å². The quantitative estimate of drug-likeness (QED) is 0.315. The summed E-state index contributed by atoms with van der Waals surface area (Å²) in [5.74, 6) is -0.678. The van der Waals surface area contributed by atoms with Gasteiger partial charge >= 0.3 is 5.97 Å². The van der Waals surface area contributed by atoms with Crippen molar-refractivity contribution in [1.82, 2.24) is 0 Å². The van der Waals surface area contributed by atoms with Crippen LogP contribution in [0.3, 0.4) is 0 Å². The van der Waals surface area contributed by atoms with Crippen molar-refractivity contribution in [3.63, 3.8) is 0 Å². The summed E-state index contributed by atoms with van der Waals surface area (Å²) in [6.45, 7) is 0. The highest BCUT2D eigenvalue weighted by molar-refractivity contribution is 5.66. The minimum absolute atomic E-state index is 0.316. The van der Waals surface area contributed by atoms with E-state index in [1.807, 2.05) is 0 Å². The maximum atomic E-state index is 10.3. The molecule has 0 spiro atoms. The maximum Gasteiger partial charge on any atom is 0.303 e. The van der Waals surface area contributed by atoms with Crippen molar-refractivity contribution in [3.05, 3.63) is 12.2 Å². The molecule has 120 valence electrons. The van der Waals surface area contributed by atoms with Crippen molar-refractivity contribution in [2.45, 2.75) is 89.9 Å². The third-order valence-corrected chi connectivity index (χ3v) is 3.59. The molecule has 0 aromatic carbocycles. The highest BCUT2D eigenvalue weighted by atomic mass is 16.4. The molecule has 21 heavy (non-hydrogen) atoms. The van der Waals surface area contributed by atoms with Crippen molar-refractivity contribution in [1.29, 1.82) is 5.26 Å². The molecule has 0 aromatic heterocycles. The third-order valence-electron chi connectivity index (χ3n) is 3.59. The lowest BCUT2D eigenvalue weighted by atomic mass is 10.1. The Morgan fingerprint density at radius 1 is 0.810 bits per heavy atom. The lowest BCUT2D eigenvalue weighted by Crippen LogP contribution is -1.93. The van der Waals surface area contributed by atoms with Gasteiger partial charge in [0.1, 0.15) is 0 Å². The van der Waals surface area contributed by atoms with E-state index < -0.39 is 5.97 Å². The second-order valence-electron chi connectivity index (χ2n) is 5.64. The Hall–Kier alpha value is -1.30. The van der Waals surface area contributed by atoms with Gasteiger partial charge < -0.3 is 5.11 Å². The molecule has 3 heteroatoms. The second-order valence-corrected chi connectivity index (χ2v) is 5.64. The number of carbonyl (C=O) groups is 1. The highest BCUT2D eigenvalue weighted by Crippen LogP contribution is 2.09. The third kappa shape index (κ3) is 18.7. The molecule has 3 nitrogen and oxygen atoms in total. The number of rotatable bonds is 15. The van der Waals surface area contributed by atoms with Crippen LogP contribution in [0.1, 0.15) is 89.9 Å². The van der Waals surface area contributed by atoms with Gasteiger partial charge in [0.2, 0.25) is 0 Å². The van der Waals surface area contributed by atoms with Gasteiger partial charge in [-0.25, -0.2) is 0 Å². The van der Waals surface area contributed by atoms with E-state index in [9.17, 15) is 4.79 Å². The topological polar surface area (TPSA) is 61.1 Å². The van der Waals surface area contributed by atoms with Crippen molar-refractivity contribution in [3.8, 4) is 6.07 Å². The first-order valence-corrected chi connectivity index (χ1v) is 8.51. The molecular formula is C18H31NO2. The Kier molecular flexibility index (Phi) is 15.7. The average molecular weight is 293 g/mol. The largest absolute Gasteiger partial charge is 0.481 e. The van der Waals surface area contributed by atoms with Crippen molar-refractivity contribution >= 4 is 5.97 Å². The Labute approximate surface area is 130 Å². The molecule has 0 aliphatic rings. The average Bonchev–Trinajstić information content (AvgIpc) is 2.46. The summed E-state index contributed by atoms with van der Waals surface area (Å²) < 4.78 is 0. The highest BCUT2D eigenvalue weighted by Gasteiger charge is 1.95. The SMILES string of the molecule is N#CCCCCCCC/C=C\CCCCCCCC(=O)O. The van der Waals surface area contributed by atoms with Crippen LogP contribution in [0.4, 0.5) is 0 Å². The zero-order valence-electron chi connectivity index (χ0n) is 13.4. The van der Waals surface area contributed by atoms with E-state index in [2.05, 4.69) is 18.2 Å². The molecule has 0 aromatic rings. The molecule has 0 unspecified atom stereocenters. The molecule has 0 aliphatic heterocycles. The number of hydrogen-bond donors (Lipinski definition) is 1. The van der Waals surface area contributed by atoms with Crippen LogP contribution in [0.5, 0.6) is 0 Å². The smallest absolute Gasteiger partial charge is 0.303 e. The standard InChI is InChI=1S/C18H31NO2/c19-17-15-13-11-9-7-5-3-1-2-4-6-8-10-12-14-16-18(20)21/h1-2H,3-16H2,(H,20,21)/b2-1-. The van der Waals surface area contributed by atoms with E-state index in [-0.39, 0.29) is 0 Å². The number of aliphatic carboxylic acids is 1. The minimum atomic E-state index is -0.678. The molecule has 0 amide bonds. The van der Waals surface area contributed by atoms with Crippen LogP contribution < -0.4 is 0 Å². The first-order chi connectivity index (χ1) is 10.3. The normalized spacial score (nSPS) is 10.8. The number of nitrogens with zero attached hydrogens (tertiary/aromatic N) is 1. The molecule has 0 saturated heterocycles. The van der Waals surface area contributed by atoms with Gasteiger partial charge in [-0.15, -0.1) is 0 Å². The number of carboxylic acids is 1. The fourth-order valence-electron chi connectivity index (χ4n) is 2.30. The number of allylic oxidation sites excluding steroid dienone is 2. The molecule has 0 atom stereocenters. The summed E-state index contributed by atoms with van der Waals surface area (Å²) in [5, 5.41) is 16.9. The van der Waals surface area contributed by atoms with Gasteiger partial charge in [0.15, 0.2) is 0 Å². The predicted octanol–water partition coefficient (Wildman–Crippen LogP) is 5.61. The van der Waals surface area contributed by atoms with E-state index in [4.69, 9.17) is 10.4 Å². The number of hydrogen-bond acceptors (Lipinski definition) is 2. The fraction of sp³-hybridized carbons (Fsp3) is 0.778. The van der Waals surface area contributed by atoms with E-state index in [1.54, 1.807) is 0 Å². The van der Waals surface area contributed by atoms with Gasteiger partial charge in [-0.3, -0.25) is 4.79 Å². The maximum absolute atomic E-state index is 10.3. The van der Waals surface area contributed by atoms with Gasteiger partial charge in [0.05, 0.1) is 6.07 Å². The van der Waals surface area contributed by atoms with E-state index in [0.29, 0.717) is 12.8 Å². The molecular weight excluding hydrogens is 262 g/mol. The van der Waals surface area contributed by atoms with Gasteiger partial charge in [-0.05, 0) is 38.5 Å². The lowest BCUT2D eigenvalue weighted by molar-refractivity contribution is -0.137. The Balaban J connectivity index is 3.09. The van der Waals surface area contributed by atoms with Crippen molar-refractivity contribution in [2.75, 3.05) is 0 Å². The first kappa shape index (κ1) is 19.7. The lowest BCUT2D eigenvalue weighted by Gasteiger charge is -1.99. The van der Waals surface area contributed by atoms with Crippen LogP contribution in [-0.4, -0.2) is 11.1 Å². The van der Waals surface area contributed by atoms with E-state index in [0.717, 1.165) is 32.1 Å². The van der Waals surface area contributed by atoms with Crippen LogP contribution in [0.15, 0.2) is 12.2 Å². The summed E-state index contributed by atoms with van der Waals surface area (Å²) in [5.41, 5.74) is 0. The molecule has 1 N–H and O–H groups in total. The molecule has 0 fully saturated rings. The van der Waals surface area contributed by atoms with E-state index in [1.165, 1.54) is 44.9 Å². The predicted molar refractivity (Wildman–Crippen MR) is 87.0 cm³/mol. The molecule has 0 saturated carbocycles. The van der Waals surface area contributed by atoms with Crippen molar-refractivity contribution < 1.29 is 9.90 Å². The van der Waals surface area contributed by atoms with E-state index >= 15 is 0 Å². The summed E-state index contributed by atoms with van der Waals surface area (Å²) in [7, 11) is 0. The fourth-order valence-corrected chi connectivity index (χ4v) is 2.30. The molecule has 0 aliphatic carbocycles. The van der Waals surface area contributed by atoms with Crippen LogP contribution in [0, 0.1) is 11.3 Å². The van der Waals surface area contributed by atoms with Crippen molar-refractivity contribution in [2.24, 2.45) is 0 Å². The second kappa shape index (κ2) is 16.8. The first-order valence-electron chi connectivity index (χ1n) is 8.51. The number of unbranched alkanes of at least 4 members (excludes halogenated alkanes) is 11. The molecule has 0 rings (SSSR count). The zero-order chi connectivity index (χ0) is 15.6. The van der Waals surface area contributed by atoms with Crippen LogP contribution in [-0.2, 0) is 4.79 Å². The Morgan fingerprint density at radius 3 is 1.81 bits per heavy atom. The zero-order valence-corrected chi connectivity index (χ0v) is 13.4. The summed E-state index contributed by atoms with van der Waals surface area (Å²) in [6, 6.07) is 2.18. The molecule has 0 heterocycles. The molecule has 0 bridgehead atoms. The summed E-state index contributed by atoms with van der Waals surface area (Å²) in [4.78, 5) is 10.3. The molecule has 0 radical (unpaired) electrons. The van der Waals surface area contributed by atoms with Gasteiger partial charge in [0.25, 0.3) is 0 Å². The number of carboxylic acid groups (broad SMARTS) is 1. The van der Waals surface area contributed by atoms with Crippen LogP contribution in [0.2, 0.25) is 0 Å². The minimum Gasteiger partial charge on any atom is -0.481 e. The Bertz CT molecular complexity index is 305. The Morgan fingerprint density at radius 2 is 1.29 bits per heavy atom. The summed E-state index contributed by atoms with van der Waals surface area (Å²) >= 11 is 0. The van der Waals surface area contributed by atoms with Gasteiger partial charge in [0, 0.05) is 12.8 Å². The van der Waals surface area contributed by atoms with Gasteiger partial charge in [-0.2, -0.15) is 5.26 Å². The van der Waals surface area contributed by atoms with Crippen LogP contribution >= 0.6 is 0 Å².